The number of rotatable bonds is 6. The minimum absolute atomic E-state index is 0.0310. The number of carbonyl (C=O) groups excluding carboxylic acids is 1. The van der Waals surface area contributed by atoms with Crippen molar-refractivity contribution in [2.24, 2.45) is 12.0 Å². The smallest absolute Gasteiger partial charge is 0.295 e. The molecule has 34 heavy (non-hydrogen) atoms. The molecular formula is C25H21N5O4. The zero-order valence-electron chi connectivity index (χ0n) is 18.5. The molecule has 0 saturated heterocycles. The molecule has 0 aliphatic heterocycles. The molecule has 0 unspecified atom stereocenters. The quantitative estimate of drug-likeness (QED) is 0.264. The van der Waals surface area contributed by atoms with E-state index in [-0.39, 0.29) is 16.9 Å². The lowest BCUT2D eigenvalue weighted by molar-refractivity contribution is -0.384. The third kappa shape index (κ3) is 4.53. The van der Waals surface area contributed by atoms with Gasteiger partial charge in [-0.25, -0.2) is 4.68 Å². The van der Waals surface area contributed by atoms with Crippen molar-refractivity contribution in [2.45, 2.75) is 6.92 Å². The average molecular weight is 455 g/mol. The Morgan fingerprint density at radius 3 is 2.50 bits per heavy atom. The molecule has 0 aliphatic carbocycles. The molecule has 0 radical (unpaired) electrons. The van der Waals surface area contributed by atoms with Gasteiger partial charge in [-0.3, -0.25) is 29.4 Å². The predicted molar refractivity (Wildman–Crippen MR) is 130 cm³/mol. The number of nitro groups is 1. The van der Waals surface area contributed by atoms with Crippen molar-refractivity contribution in [1.82, 2.24) is 9.36 Å². The molecule has 3 aromatic carbocycles. The number of nitrogens with zero attached hydrogens (tertiary/aromatic N) is 4. The van der Waals surface area contributed by atoms with Crippen molar-refractivity contribution in [3.63, 3.8) is 0 Å². The first-order valence-electron chi connectivity index (χ1n) is 10.4. The predicted octanol–water partition coefficient (Wildman–Crippen LogP) is 4.40. The van der Waals surface area contributed by atoms with E-state index in [4.69, 9.17) is 0 Å². The van der Waals surface area contributed by atoms with E-state index in [0.29, 0.717) is 28.2 Å². The third-order valence-electron chi connectivity index (χ3n) is 5.34. The maximum atomic E-state index is 13.0. The number of nitrogens with one attached hydrogen (secondary N) is 1. The summed E-state index contributed by atoms with van der Waals surface area (Å²) in [5.41, 5.74) is 2.51. The van der Waals surface area contributed by atoms with Crippen LogP contribution in [0.4, 0.5) is 17.1 Å². The maximum Gasteiger partial charge on any atom is 0.295 e. The molecule has 9 nitrogen and oxygen atoms in total. The van der Waals surface area contributed by atoms with Crippen LogP contribution in [0.15, 0.2) is 88.6 Å². The van der Waals surface area contributed by atoms with E-state index < -0.39 is 10.8 Å². The lowest BCUT2D eigenvalue weighted by Crippen LogP contribution is -2.22. The summed E-state index contributed by atoms with van der Waals surface area (Å²) < 4.78 is 3.18. The zero-order chi connectivity index (χ0) is 24.2. The lowest BCUT2D eigenvalue weighted by Gasteiger charge is -2.07. The summed E-state index contributed by atoms with van der Waals surface area (Å²) in [6.07, 6.45) is 1.49. The van der Waals surface area contributed by atoms with Crippen molar-refractivity contribution in [3.05, 3.63) is 116 Å². The number of hydrogen-bond donors (Lipinski definition) is 1. The Morgan fingerprint density at radius 2 is 1.76 bits per heavy atom. The van der Waals surface area contributed by atoms with E-state index in [1.165, 1.54) is 23.0 Å². The molecule has 0 aliphatic rings. The topological polar surface area (TPSA) is 112 Å². The summed E-state index contributed by atoms with van der Waals surface area (Å²) in [7, 11) is 1.75. The van der Waals surface area contributed by atoms with Gasteiger partial charge in [-0.15, -0.1) is 0 Å². The van der Waals surface area contributed by atoms with E-state index in [1.54, 1.807) is 55.1 Å². The summed E-state index contributed by atoms with van der Waals surface area (Å²) in [4.78, 5) is 40.8. The Labute approximate surface area is 194 Å². The number of benzene rings is 3. The van der Waals surface area contributed by atoms with Crippen LogP contribution >= 0.6 is 0 Å². The molecule has 1 heterocycles. The summed E-state index contributed by atoms with van der Waals surface area (Å²) in [6, 6.07) is 21.8. The zero-order valence-corrected chi connectivity index (χ0v) is 18.5. The van der Waals surface area contributed by atoms with Crippen LogP contribution in [0.5, 0.6) is 0 Å². The second kappa shape index (κ2) is 9.37. The van der Waals surface area contributed by atoms with Crippen molar-refractivity contribution in [3.8, 4) is 5.69 Å². The molecule has 0 fully saturated rings. The fourth-order valence-corrected chi connectivity index (χ4v) is 3.49. The molecule has 4 aromatic rings. The molecular weight excluding hydrogens is 434 g/mol. The number of carbonyl (C=O) groups is 1. The Balaban J connectivity index is 1.58. The Morgan fingerprint density at radius 1 is 1.03 bits per heavy atom. The van der Waals surface area contributed by atoms with Gasteiger partial charge in [0.05, 0.1) is 22.0 Å². The molecule has 170 valence electrons. The fraction of sp³-hybridized carbons (Fsp3) is 0.0800. The molecule has 1 N–H and O–H groups in total. The third-order valence-corrected chi connectivity index (χ3v) is 5.34. The van der Waals surface area contributed by atoms with Crippen LogP contribution in [0.1, 0.15) is 21.6 Å². The van der Waals surface area contributed by atoms with E-state index in [1.807, 2.05) is 30.3 Å². The molecule has 0 spiro atoms. The highest BCUT2D eigenvalue weighted by atomic mass is 16.6. The second-order valence-corrected chi connectivity index (χ2v) is 7.55. The van der Waals surface area contributed by atoms with Crippen LogP contribution in [0.3, 0.4) is 0 Å². The summed E-state index contributed by atoms with van der Waals surface area (Å²) in [5.74, 6) is -0.446. The van der Waals surface area contributed by atoms with Gasteiger partial charge >= 0.3 is 0 Å². The highest BCUT2D eigenvalue weighted by molar-refractivity contribution is 6.05. The monoisotopic (exact) mass is 455 g/mol. The maximum absolute atomic E-state index is 13.0. The molecule has 4 rings (SSSR count). The van der Waals surface area contributed by atoms with E-state index in [9.17, 15) is 19.7 Å². The summed E-state index contributed by atoms with van der Waals surface area (Å²) in [6.45, 7) is 1.76. The fourth-order valence-electron chi connectivity index (χ4n) is 3.49. The first-order chi connectivity index (χ1) is 16.3. The van der Waals surface area contributed by atoms with Gasteiger partial charge in [-0.2, -0.15) is 0 Å². The van der Waals surface area contributed by atoms with Crippen LogP contribution < -0.4 is 10.9 Å². The van der Waals surface area contributed by atoms with Crippen molar-refractivity contribution in [2.75, 3.05) is 5.32 Å². The average Bonchev–Trinajstić information content (AvgIpc) is 3.06. The normalized spacial score (nSPS) is 11.0. The Bertz CT molecular complexity index is 1470. The van der Waals surface area contributed by atoms with Gasteiger partial charge in [-0.1, -0.05) is 36.4 Å². The Hall–Kier alpha value is -4.79. The first kappa shape index (κ1) is 22.4. The highest BCUT2D eigenvalue weighted by Crippen LogP contribution is 2.19. The van der Waals surface area contributed by atoms with Crippen LogP contribution in [-0.2, 0) is 7.05 Å². The van der Waals surface area contributed by atoms with Gasteiger partial charge < -0.3 is 5.32 Å². The van der Waals surface area contributed by atoms with Gasteiger partial charge in [0.1, 0.15) is 5.69 Å². The van der Waals surface area contributed by atoms with Crippen LogP contribution in [0.2, 0.25) is 0 Å². The standard InChI is InChI=1S/C25H21N5O4/c1-17-23(25(32)29(28(17)2)21-11-4-3-5-12-21)27-24(31)19-9-7-10-20(15-19)26-16-18-8-6-13-22(14-18)30(33)34/h3-16H,1-2H3,(H,27,31). The lowest BCUT2D eigenvalue weighted by atomic mass is 10.2. The van der Waals surface area contributed by atoms with E-state index in [0.717, 1.165) is 0 Å². The highest BCUT2D eigenvalue weighted by Gasteiger charge is 2.19. The van der Waals surface area contributed by atoms with Gasteiger partial charge in [0.2, 0.25) is 0 Å². The molecule has 0 saturated carbocycles. The Kier molecular flexibility index (Phi) is 6.18. The number of hydrogen-bond acceptors (Lipinski definition) is 5. The van der Waals surface area contributed by atoms with Crippen molar-refractivity contribution < 1.29 is 9.72 Å². The van der Waals surface area contributed by atoms with Gasteiger partial charge in [-0.05, 0) is 42.8 Å². The number of nitro benzene ring substituents is 1. The van der Waals surface area contributed by atoms with Gasteiger partial charge in [0.25, 0.3) is 17.2 Å². The summed E-state index contributed by atoms with van der Waals surface area (Å²) in [5, 5.41) is 13.7. The minimum Gasteiger partial charge on any atom is -0.316 e. The van der Waals surface area contributed by atoms with E-state index >= 15 is 0 Å². The molecule has 0 bridgehead atoms. The van der Waals surface area contributed by atoms with E-state index in [2.05, 4.69) is 10.3 Å². The molecule has 1 amide bonds. The SMILES string of the molecule is Cc1c(NC(=O)c2cccc(N=Cc3cccc([N+](=O)[O-])c3)c2)c(=O)n(-c2ccccc2)n1C. The van der Waals surface area contributed by atoms with Gasteiger partial charge in [0, 0.05) is 31.0 Å². The summed E-state index contributed by atoms with van der Waals surface area (Å²) >= 11 is 0. The molecule has 0 atom stereocenters. The van der Waals surface area contributed by atoms with Crippen molar-refractivity contribution >= 4 is 29.2 Å². The van der Waals surface area contributed by atoms with Crippen LogP contribution in [-0.4, -0.2) is 26.4 Å². The number of aliphatic imine (C=N–C) groups is 1. The largest absolute Gasteiger partial charge is 0.316 e. The molecule has 9 heteroatoms. The molecule has 1 aromatic heterocycles. The van der Waals surface area contributed by atoms with Gasteiger partial charge in [0.15, 0.2) is 0 Å². The van der Waals surface area contributed by atoms with Crippen LogP contribution in [0.25, 0.3) is 5.69 Å². The number of non-ortho nitro benzene ring substituents is 1. The number of anilines is 1. The second-order valence-electron chi connectivity index (χ2n) is 7.55. The number of amides is 1. The first-order valence-corrected chi connectivity index (χ1v) is 10.4. The number of aromatic nitrogens is 2. The number of para-hydroxylation sites is 1. The van der Waals surface area contributed by atoms with Crippen molar-refractivity contribution in [1.29, 1.82) is 0 Å². The van der Waals surface area contributed by atoms with Crippen LogP contribution in [0, 0.1) is 17.0 Å². The minimum atomic E-state index is -0.473.